The van der Waals surface area contributed by atoms with E-state index >= 15 is 0 Å². The number of Topliss-reactive ketones (excluding diaryl/α,β-unsaturated/α-hetero) is 2. The fourth-order valence-electron chi connectivity index (χ4n) is 3.59. The summed E-state index contributed by atoms with van der Waals surface area (Å²) in [6, 6.07) is 9.99. The van der Waals surface area contributed by atoms with Gasteiger partial charge in [-0.05, 0) is 36.2 Å². The highest BCUT2D eigenvalue weighted by Crippen LogP contribution is 2.33. The minimum atomic E-state index is -0.485. The Balaban J connectivity index is 1.72. The summed E-state index contributed by atoms with van der Waals surface area (Å²) in [5.41, 5.74) is 8.07. The van der Waals surface area contributed by atoms with Crippen molar-refractivity contribution in [3.8, 4) is 0 Å². The molecule has 6 nitrogen and oxygen atoms in total. The molecule has 2 amide bonds. The van der Waals surface area contributed by atoms with E-state index in [1.807, 2.05) is 12.1 Å². The summed E-state index contributed by atoms with van der Waals surface area (Å²) in [4.78, 5) is 50.8. The number of amides is 2. The molecule has 6 heteroatoms. The maximum Gasteiger partial charge on any atom is 0.261 e. The van der Waals surface area contributed by atoms with Gasteiger partial charge in [-0.1, -0.05) is 12.1 Å². The van der Waals surface area contributed by atoms with E-state index in [1.54, 1.807) is 12.1 Å². The van der Waals surface area contributed by atoms with Crippen molar-refractivity contribution in [2.45, 2.75) is 12.8 Å². The molecule has 1 aliphatic carbocycles. The standard InChI is InChI=1S/C20H16N2O4/c1-22-19(25)15-8-13-14(9-16(15)20(22)26)18(24)11(7-17(13)23)6-10-2-4-12(21)5-3-10/h2-5,8-9,11H,6-7,21H2,1H3/t11-/m0/s1. The van der Waals surface area contributed by atoms with E-state index in [9.17, 15) is 19.2 Å². The van der Waals surface area contributed by atoms with Crippen LogP contribution in [-0.2, 0) is 6.42 Å². The van der Waals surface area contributed by atoms with Crippen molar-refractivity contribution in [2.24, 2.45) is 5.92 Å². The average Bonchev–Trinajstić information content (AvgIpc) is 2.84. The first-order chi connectivity index (χ1) is 12.4. The van der Waals surface area contributed by atoms with Gasteiger partial charge in [0.1, 0.15) is 0 Å². The zero-order valence-electron chi connectivity index (χ0n) is 14.1. The van der Waals surface area contributed by atoms with Gasteiger partial charge in [0, 0.05) is 36.2 Å². The van der Waals surface area contributed by atoms with Gasteiger partial charge in [-0.25, -0.2) is 0 Å². The molecule has 0 saturated carbocycles. The fraction of sp³-hybridized carbons (Fsp3) is 0.200. The number of carbonyl (C=O) groups is 4. The first-order valence-corrected chi connectivity index (χ1v) is 8.29. The van der Waals surface area contributed by atoms with Gasteiger partial charge >= 0.3 is 0 Å². The Labute approximate surface area is 149 Å². The molecule has 1 aliphatic heterocycles. The Morgan fingerprint density at radius 2 is 1.50 bits per heavy atom. The summed E-state index contributed by atoms with van der Waals surface area (Å²) in [6.07, 6.45) is 0.515. The van der Waals surface area contributed by atoms with Crippen LogP contribution in [0.3, 0.4) is 0 Å². The van der Waals surface area contributed by atoms with Crippen LogP contribution in [0.1, 0.15) is 53.4 Å². The smallest absolute Gasteiger partial charge is 0.261 e. The molecule has 0 unspecified atom stereocenters. The predicted octanol–water partition coefficient (Wildman–Crippen LogP) is 2.12. The molecule has 1 atom stereocenters. The van der Waals surface area contributed by atoms with Crippen molar-refractivity contribution >= 4 is 29.1 Å². The number of fused-ring (bicyclic) bond motifs is 2. The van der Waals surface area contributed by atoms with Gasteiger partial charge in [-0.3, -0.25) is 24.1 Å². The number of nitrogens with two attached hydrogens (primary N) is 1. The van der Waals surface area contributed by atoms with Crippen LogP contribution in [0.25, 0.3) is 0 Å². The first-order valence-electron chi connectivity index (χ1n) is 8.29. The quantitative estimate of drug-likeness (QED) is 0.662. The molecule has 2 N–H and O–H groups in total. The molecule has 2 aromatic carbocycles. The third kappa shape index (κ3) is 2.34. The predicted molar refractivity (Wildman–Crippen MR) is 94.2 cm³/mol. The molecule has 2 aromatic rings. The molecule has 0 fully saturated rings. The van der Waals surface area contributed by atoms with Gasteiger partial charge in [0.15, 0.2) is 11.6 Å². The zero-order valence-corrected chi connectivity index (χ0v) is 14.1. The Hall–Kier alpha value is -3.28. The lowest BCUT2D eigenvalue weighted by atomic mass is 9.78. The number of nitrogens with zero attached hydrogens (tertiary/aromatic N) is 1. The summed E-state index contributed by atoms with van der Waals surface area (Å²) >= 11 is 0. The normalized spacial score (nSPS) is 19.0. The molecule has 0 bridgehead atoms. The lowest BCUT2D eigenvalue weighted by Gasteiger charge is -2.23. The Morgan fingerprint density at radius 3 is 2.12 bits per heavy atom. The third-order valence-electron chi connectivity index (χ3n) is 5.06. The van der Waals surface area contributed by atoms with Crippen molar-refractivity contribution in [3.05, 3.63) is 64.2 Å². The van der Waals surface area contributed by atoms with Crippen molar-refractivity contribution in [2.75, 3.05) is 12.8 Å². The number of benzene rings is 2. The summed E-state index contributed by atoms with van der Waals surface area (Å²) in [6.45, 7) is 0. The van der Waals surface area contributed by atoms with Crippen molar-refractivity contribution in [1.82, 2.24) is 4.90 Å². The second-order valence-corrected chi connectivity index (χ2v) is 6.75. The molecule has 0 spiro atoms. The van der Waals surface area contributed by atoms with Gasteiger partial charge in [0.2, 0.25) is 0 Å². The van der Waals surface area contributed by atoms with Gasteiger partial charge in [0.25, 0.3) is 11.8 Å². The van der Waals surface area contributed by atoms with Crippen molar-refractivity contribution in [1.29, 1.82) is 0 Å². The van der Waals surface area contributed by atoms with Crippen LogP contribution in [0.4, 0.5) is 5.69 Å². The Morgan fingerprint density at radius 1 is 0.923 bits per heavy atom. The minimum Gasteiger partial charge on any atom is -0.399 e. The van der Waals surface area contributed by atoms with E-state index in [2.05, 4.69) is 0 Å². The second-order valence-electron chi connectivity index (χ2n) is 6.75. The van der Waals surface area contributed by atoms with Crippen LogP contribution < -0.4 is 5.73 Å². The summed E-state index contributed by atoms with van der Waals surface area (Å²) in [5.74, 6) is -1.74. The molecule has 1 heterocycles. The van der Waals surface area contributed by atoms with Gasteiger partial charge in [-0.15, -0.1) is 0 Å². The van der Waals surface area contributed by atoms with E-state index < -0.39 is 17.7 Å². The maximum absolute atomic E-state index is 12.9. The number of anilines is 1. The van der Waals surface area contributed by atoms with E-state index in [-0.39, 0.29) is 40.2 Å². The van der Waals surface area contributed by atoms with Crippen LogP contribution in [-0.4, -0.2) is 35.3 Å². The van der Waals surface area contributed by atoms with E-state index in [0.717, 1.165) is 10.5 Å². The average molecular weight is 348 g/mol. The molecular weight excluding hydrogens is 332 g/mol. The molecular formula is C20H16N2O4. The lowest BCUT2D eigenvalue weighted by molar-refractivity contribution is 0.0692. The molecule has 2 aliphatic rings. The summed E-state index contributed by atoms with van der Waals surface area (Å²) in [7, 11) is 1.39. The maximum atomic E-state index is 12.9. The molecule has 4 rings (SSSR count). The lowest BCUT2D eigenvalue weighted by Crippen LogP contribution is -2.29. The largest absolute Gasteiger partial charge is 0.399 e. The number of ketones is 2. The van der Waals surface area contributed by atoms with Gasteiger partial charge in [-0.2, -0.15) is 0 Å². The Bertz CT molecular complexity index is 992. The number of nitrogen functional groups attached to an aromatic ring is 1. The van der Waals surface area contributed by atoms with Gasteiger partial charge < -0.3 is 5.73 Å². The monoisotopic (exact) mass is 348 g/mol. The van der Waals surface area contributed by atoms with Crippen LogP contribution in [0, 0.1) is 5.92 Å². The number of carbonyl (C=O) groups excluding carboxylic acids is 4. The van der Waals surface area contributed by atoms with E-state index in [1.165, 1.54) is 19.2 Å². The van der Waals surface area contributed by atoms with Crippen LogP contribution >= 0.6 is 0 Å². The summed E-state index contributed by atoms with van der Waals surface area (Å²) in [5, 5.41) is 0. The molecule has 130 valence electrons. The second kappa shape index (κ2) is 5.62. The molecule has 0 saturated heterocycles. The minimum absolute atomic E-state index is 0.0903. The highest BCUT2D eigenvalue weighted by atomic mass is 16.2. The zero-order chi connectivity index (χ0) is 18.6. The highest BCUT2D eigenvalue weighted by molar-refractivity contribution is 6.24. The number of imide groups is 1. The summed E-state index contributed by atoms with van der Waals surface area (Å²) < 4.78 is 0. The first kappa shape index (κ1) is 16.2. The number of hydrogen-bond donors (Lipinski definition) is 1. The van der Waals surface area contributed by atoms with E-state index in [4.69, 9.17) is 5.73 Å². The van der Waals surface area contributed by atoms with E-state index in [0.29, 0.717) is 12.1 Å². The molecule has 0 aromatic heterocycles. The van der Waals surface area contributed by atoms with Crippen molar-refractivity contribution < 1.29 is 19.2 Å². The fourth-order valence-corrected chi connectivity index (χ4v) is 3.59. The Kier molecular flexibility index (Phi) is 3.50. The molecule has 26 heavy (non-hydrogen) atoms. The van der Waals surface area contributed by atoms with Crippen LogP contribution in [0.5, 0.6) is 0 Å². The number of rotatable bonds is 2. The SMILES string of the molecule is CN1C(=O)c2cc3c(cc2C1=O)C(=O)[C@@H](Cc1ccc(N)cc1)CC3=O. The van der Waals surface area contributed by atoms with Crippen molar-refractivity contribution in [3.63, 3.8) is 0 Å². The number of hydrogen-bond acceptors (Lipinski definition) is 5. The van der Waals surface area contributed by atoms with Crippen LogP contribution in [0.2, 0.25) is 0 Å². The molecule has 0 radical (unpaired) electrons. The topological polar surface area (TPSA) is 97.5 Å². The van der Waals surface area contributed by atoms with Gasteiger partial charge in [0.05, 0.1) is 11.1 Å². The third-order valence-corrected chi connectivity index (χ3v) is 5.06. The highest BCUT2D eigenvalue weighted by Gasteiger charge is 2.39. The van der Waals surface area contributed by atoms with Crippen LogP contribution in [0.15, 0.2) is 36.4 Å².